The van der Waals surface area contributed by atoms with E-state index in [-0.39, 0.29) is 30.1 Å². The second-order valence-electron chi connectivity index (χ2n) is 7.45. The van der Waals surface area contributed by atoms with Crippen LogP contribution < -0.4 is 15.4 Å². The van der Waals surface area contributed by atoms with Crippen LogP contribution in [-0.4, -0.2) is 61.3 Å². The van der Waals surface area contributed by atoms with Crippen LogP contribution >= 0.6 is 11.6 Å². The number of nitrogens with zero attached hydrogens (tertiary/aromatic N) is 1. The number of nitrogens with one attached hydrogen (secondary N) is 2. The van der Waals surface area contributed by atoms with Gasteiger partial charge in [0.2, 0.25) is 11.8 Å². The first-order valence-electron chi connectivity index (χ1n) is 9.37. The van der Waals surface area contributed by atoms with Gasteiger partial charge in [-0.05, 0) is 51.0 Å². The lowest BCUT2D eigenvalue weighted by molar-refractivity contribution is -0.144. The molecule has 154 valence electrons. The highest BCUT2D eigenvalue weighted by molar-refractivity contribution is 6.19. The summed E-state index contributed by atoms with van der Waals surface area (Å²) in [5.41, 5.74) is -0.181. The van der Waals surface area contributed by atoms with Gasteiger partial charge in [-0.25, -0.2) is 0 Å². The molecule has 1 aromatic carbocycles. The molecule has 1 atom stereocenters. The molecule has 0 spiro atoms. The zero-order chi connectivity index (χ0) is 20.7. The van der Waals surface area contributed by atoms with Gasteiger partial charge in [0.1, 0.15) is 11.8 Å². The Kier molecular flexibility index (Phi) is 7.69. The van der Waals surface area contributed by atoms with E-state index in [0.717, 1.165) is 6.42 Å². The summed E-state index contributed by atoms with van der Waals surface area (Å²) < 4.78 is 5.06. The first-order chi connectivity index (χ1) is 13.3. The zero-order valence-corrected chi connectivity index (χ0v) is 17.3. The Balaban J connectivity index is 1.79. The quantitative estimate of drug-likeness (QED) is 0.506. The van der Waals surface area contributed by atoms with E-state index in [1.807, 2.05) is 0 Å². The minimum Gasteiger partial charge on any atom is -0.497 e. The van der Waals surface area contributed by atoms with Crippen molar-refractivity contribution < 1.29 is 19.1 Å². The monoisotopic (exact) mass is 409 g/mol. The van der Waals surface area contributed by atoms with Crippen molar-refractivity contribution in [2.75, 3.05) is 32.6 Å². The summed E-state index contributed by atoms with van der Waals surface area (Å²) >= 11 is 5.90. The van der Waals surface area contributed by atoms with Crippen molar-refractivity contribution in [3.05, 3.63) is 29.8 Å². The molecule has 2 rings (SSSR count). The lowest BCUT2D eigenvalue weighted by Crippen LogP contribution is -2.51. The standard InChI is InChI=1S/C20H28ClN3O4/c1-20(2,13-21)19(27)24-12-4-5-16(24)18(26)23-11-10-22-17(25)14-6-8-15(28-3)9-7-14/h6-9,16H,4-5,10-13H2,1-3H3,(H,22,25)(H,23,26)/t16-/m1/s1. The van der Waals surface area contributed by atoms with Crippen LogP contribution in [0.2, 0.25) is 0 Å². The average molecular weight is 410 g/mol. The first kappa shape index (κ1) is 22.0. The van der Waals surface area contributed by atoms with Gasteiger partial charge in [0.25, 0.3) is 5.91 Å². The maximum Gasteiger partial charge on any atom is 0.251 e. The normalized spacial score (nSPS) is 16.6. The number of hydrogen-bond donors (Lipinski definition) is 2. The number of methoxy groups -OCH3 is 1. The minimum atomic E-state index is -0.698. The SMILES string of the molecule is COc1ccc(C(=O)NCCNC(=O)[C@H]2CCCN2C(=O)C(C)(C)CCl)cc1. The highest BCUT2D eigenvalue weighted by Crippen LogP contribution is 2.27. The molecule has 1 aromatic rings. The van der Waals surface area contributed by atoms with Gasteiger partial charge in [0.15, 0.2) is 0 Å². The zero-order valence-electron chi connectivity index (χ0n) is 16.6. The van der Waals surface area contributed by atoms with Crippen LogP contribution in [0.1, 0.15) is 37.0 Å². The van der Waals surface area contributed by atoms with E-state index in [1.165, 1.54) is 0 Å². The molecule has 0 saturated carbocycles. The summed E-state index contributed by atoms with van der Waals surface area (Å²) in [4.78, 5) is 38.8. The highest BCUT2D eigenvalue weighted by atomic mass is 35.5. The molecule has 0 bridgehead atoms. The smallest absolute Gasteiger partial charge is 0.251 e. The van der Waals surface area contributed by atoms with Crippen molar-refractivity contribution in [2.24, 2.45) is 5.41 Å². The topological polar surface area (TPSA) is 87.7 Å². The number of rotatable bonds is 8. The second kappa shape index (κ2) is 9.78. The number of hydrogen-bond acceptors (Lipinski definition) is 4. The number of amides is 3. The number of benzene rings is 1. The molecule has 1 heterocycles. The van der Waals surface area contributed by atoms with Gasteiger partial charge in [-0.15, -0.1) is 11.6 Å². The molecule has 1 aliphatic heterocycles. The van der Waals surface area contributed by atoms with Crippen LogP contribution in [0.5, 0.6) is 5.75 Å². The molecule has 7 nitrogen and oxygen atoms in total. The number of alkyl halides is 1. The van der Waals surface area contributed by atoms with Gasteiger partial charge >= 0.3 is 0 Å². The third-order valence-electron chi connectivity index (χ3n) is 4.79. The van der Waals surface area contributed by atoms with Gasteiger partial charge < -0.3 is 20.3 Å². The third kappa shape index (κ3) is 5.38. The molecule has 0 aromatic heterocycles. The molecule has 2 N–H and O–H groups in total. The Morgan fingerprint density at radius 1 is 1.18 bits per heavy atom. The van der Waals surface area contributed by atoms with E-state index < -0.39 is 11.5 Å². The Labute approximate surface area is 170 Å². The molecule has 28 heavy (non-hydrogen) atoms. The number of carbonyl (C=O) groups is 3. The van der Waals surface area contributed by atoms with Crippen LogP contribution in [0.25, 0.3) is 0 Å². The third-order valence-corrected chi connectivity index (χ3v) is 5.46. The molecule has 1 fully saturated rings. The van der Waals surface area contributed by atoms with E-state index in [4.69, 9.17) is 16.3 Å². The van der Waals surface area contributed by atoms with E-state index in [0.29, 0.717) is 30.8 Å². The van der Waals surface area contributed by atoms with E-state index in [2.05, 4.69) is 10.6 Å². The molecule has 1 saturated heterocycles. The Morgan fingerprint density at radius 2 is 1.82 bits per heavy atom. The van der Waals surface area contributed by atoms with Crippen LogP contribution in [0, 0.1) is 5.41 Å². The molecule has 1 aliphatic rings. The van der Waals surface area contributed by atoms with Crippen LogP contribution in [0.4, 0.5) is 0 Å². The maximum atomic E-state index is 12.6. The Bertz CT molecular complexity index is 706. The van der Waals surface area contributed by atoms with Gasteiger partial charge in [-0.2, -0.15) is 0 Å². The fourth-order valence-corrected chi connectivity index (χ4v) is 3.17. The fraction of sp³-hybridized carbons (Fsp3) is 0.550. The molecule has 8 heteroatoms. The summed E-state index contributed by atoms with van der Waals surface area (Å²) in [6.07, 6.45) is 1.42. The van der Waals surface area contributed by atoms with Crippen molar-refractivity contribution >= 4 is 29.3 Å². The molecular formula is C20H28ClN3O4. The van der Waals surface area contributed by atoms with Gasteiger partial charge in [0, 0.05) is 31.1 Å². The summed E-state index contributed by atoms with van der Waals surface area (Å²) in [6.45, 7) is 4.71. The van der Waals surface area contributed by atoms with E-state index >= 15 is 0 Å². The molecule has 0 aliphatic carbocycles. The predicted octanol–water partition coefficient (Wildman–Crippen LogP) is 1.80. The summed E-state index contributed by atoms with van der Waals surface area (Å²) in [5, 5.41) is 5.56. The lowest BCUT2D eigenvalue weighted by Gasteiger charge is -2.31. The largest absolute Gasteiger partial charge is 0.497 e. The molecular weight excluding hydrogens is 382 g/mol. The number of ether oxygens (including phenoxy) is 1. The van der Waals surface area contributed by atoms with Crippen molar-refractivity contribution in [1.29, 1.82) is 0 Å². The van der Waals surface area contributed by atoms with Gasteiger partial charge in [-0.1, -0.05) is 0 Å². The number of halogens is 1. The minimum absolute atomic E-state index is 0.104. The van der Waals surface area contributed by atoms with Crippen LogP contribution in [-0.2, 0) is 9.59 Å². The van der Waals surface area contributed by atoms with Gasteiger partial charge in [0.05, 0.1) is 12.5 Å². The van der Waals surface area contributed by atoms with Gasteiger partial charge in [-0.3, -0.25) is 14.4 Å². The van der Waals surface area contributed by atoms with Crippen LogP contribution in [0.15, 0.2) is 24.3 Å². The van der Waals surface area contributed by atoms with Crippen molar-refractivity contribution in [3.63, 3.8) is 0 Å². The van der Waals surface area contributed by atoms with E-state index in [9.17, 15) is 14.4 Å². The molecule has 0 radical (unpaired) electrons. The number of likely N-dealkylation sites (tertiary alicyclic amines) is 1. The number of carbonyl (C=O) groups excluding carboxylic acids is 3. The lowest BCUT2D eigenvalue weighted by atomic mass is 9.94. The fourth-order valence-electron chi connectivity index (χ4n) is 3.05. The summed E-state index contributed by atoms with van der Waals surface area (Å²) in [7, 11) is 1.56. The predicted molar refractivity (Wildman–Crippen MR) is 108 cm³/mol. The van der Waals surface area contributed by atoms with Crippen molar-refractivity contribution in [2.45, 2.75) is 32.7 Å². The van der Waals surface area contributed by atoms with Crippen molar-refractivity contribution in [3.8, 4) is 5.75 Å². The summed E-state index contributed by atoms with van der Waals surface area (Å²) in [6, 6.07) is 6.29. The maximum absolute atomic E-state index is 12.6. The Hall–Kier alpha value is -2.28. The second-order valence-corrected chi connectivity index (χ2v) is 7.72. The summed E-state index contributed by atoms with van der Waals surface area (Å²) in [5.74, 6) is 0.353. The highest BCUT2D eigenvalue weighted by Gasteiger charge is 2.40. The first-order valence-corrected chi connectivity index (χ1v) is 9.90. The molecule has 0 unspecified atom stereocenters. The molecule has 3 amide bonds. The van der Waals surface area contributed by atoms with E-state index in [1.54, 1.807) is 50.1 Å². The Morgan fingerprint density at radius 3 is 2.43 bits per heavy atom. The van der Waals surface area contributed by atoms with Crippen LogP contribution in [0.3, 0.4) is 0 Å². The van der Waals surface area contributed by atoms with Crippen molar-refractivity contribution in [1.82, 2.24) is 15.5 Å². The average Bonchev–Trinajstić information content (AvgIpc) is 3.20.